The molecule has 1 saturated carbocycles. The van der Waals surface area contributed by atoms with Crippen molar-refractivity contribution in [1.82, 2.24) is 0 Å². The third kappa shape index (κ3) is 5.56. The third-order valence-corrected chi connectivity index (χ3v) is 8.08. The van der Waals surface area contributed by atoms with E-state index in [1.165, 1.54) is 92.9 Å². The fraction of sp³-hybridized carbons (Fsp3) is 0.562. The summed E-state index contributed by atoms with van der Waals surface area (Å²) in [6, 6.07) is 9.07. The van der Waals surface area contributed by atoms with Gasteiger partial charge in [0.2, 0.25) is 0 Å². The molecule has 0 N–H and O–H groups in total. The zero-order chi connectivity index (χ0) is 22.7. The van der Waals surface area contributed by atoms with E-state index in [9.17, 15) is 0 Å². The zero-order valence-corrected chi connectivity index (χ0v) is 21.1. The van der Waals surface area contributed by atoms with Crippen LogP contribution in [-0.4, -0.2) is 0 Å². The first-order chi connectivity index (χ1) is 15.3. The second-order valence-electron chi connectivity index (χ2n) is 11.8. The van der Waals surface area contributed by atoms with E-state index in [0.29, 0.717) is 5.92 Å². The van der Waals surface area contributed by atoms with Crippen molar-refractivity contribution in [2.24, 2.45) is 17.3 Å². The highest BCUT2D eigenvalue weighted by Crippen LogP contribution is 2.50. The first-order valence-electron chi connectivity index (χ1n) is 13.2. The molecule has 0 amide bonds. The number of unbranched alkanes of at least 4 members (excludes halogenated alkanes) is 1. The first-order valence-corrected chi connectivity index (χ1v) is 13.2. The molecule has 4 rings (SSSR count). The molecule has 1 fully saturated rings. The minimum absolute atomic E-state index is 0.269. The van der Waals surface area contributed by atoms with E-state index in [-0.39, 0.29) is 5.41 Å². The van der Waals surface area contributed by atoms with Crippen LogP contribution in [0.3, 0.4) is 0 Å². The molecule has 0 bridgehead atoms. The van der Waals surface area contributed by atoms with Crippen molar-refractivity contribution in [2.45, 2.75) is 98.3 Å². The average Bonchev–Trinajstić information content (AvgIpc) is 3.46. The molecule has 0 heteroatoms. The molecule has 3 aliphatic rings. The Balaban J connectivity index is 1.34. The van der Waals surface area contributed by atoms with Crippen LogP contribution in [-0.2, 0) is 6.42 Å². The molecule has 32 heavy (non-hydrogen) atoms. The summed E-state index contributed by atoms with van der Waals surface area (Å²) in [7, 11) is 0. The maximum absolute atomic E-state index is 4.59. The molecule has 0 radical (unpaired) electrons. The molecular weight excluding hydrogens is 384 g/mol. The molecule has 0 aliphatic heterocycles. The van der Waals surface area contributed by atoms with E-state index in [4.69, 9.17) is 0 Å². The van der Waals surface area contributed by atoms with Crippen molar-refractivity contribution in [2.75, 3.05) is 0 Å². The highest BCUT2D eigenvalue weighted by Gasteiger charge is 2.36. The van der Waals surface area contributed by atoms with Crippen molar-refractivity contribution in [1.29, 1.82) is 0 Å². The lowest BCUT2D eigenvalue weighted by atomic mass is 9.77. The van der Waals surface area contributed by atoms with Gasteiger partial charge in [-0.1, -0.05) is 101 Å². The van der Waals surface area contributed by atoms with Crippen LogP contribution in [0.1, 0.15) is 96.1 Å². The lowest BCUT2D eigenvalue weighted by Gasteiger charge is -2.27. The van der Waals surface area contributed by atoms with Gasteiger partial charge in [0.1, 0.15) is 0 Å². The Bertz CT molecular complexity index is 904. The molecule has 172 valence electrons. The number of allylic oxidation sites excluding steroid dienone is 7. The van der Waals surface area contributed by atoms with Gasteiger partial charge in [0.25, 0.3) is 0 Å². The third-order valence-electron chi connectivity index (χ3n) is 8.08. The average molecular weight is 429 g/mol. The quantitative estimate of drug-likeness (QED) is 0.343. The summed E-state index contributed by atoms with van der Waals surface area (Å²) in [6.45, 7) is 14.0. The zero-order valence-electron chi connectivity index (χ0n) is 21.1. The van der Waals surface area contributed by atoms with Crippen molar-refractivity contribution < 1.29 is 0 Å². The van der Waals surface area contributed by atoms with Gasteiger partial charge < -0.3 is 0 Å². The van der Waals surface area contributed by atoms with E-state index in [2.05, 4.69) is 70.7 Å². The standard InChI is InChI=1S/C32H44/c1-23-14-17-26(18-15-23)12-8-9-13-27-20-29-28(22-31(30(29)21-27)32(3,4)5)24(2)16-19-25-10-6-7-11-25/h14-15,17-18,21-22,25,31H,2,6-13,16,19-20H2,1,3-5H3. The predicted octanol–water partition coefficient (Wildman–Crippen LogP) is 9.46. The van der Waals surface area contributed by atoms with Gasteiger partial charge in [-0.15, -0.1) is 0 Å². The highest BCUT2D eigenvalue weighted by atomic mass is 14.4. The lowest BCUT2D eigenvalue weighted by Crippen LogP contribution is -2.18. The number of hydrogen-bond donors (Lipinski definition) is 0. The van der Waals surface area contributed by atoms with E-state index >= 15 is 0 Å². The lowest BCUT2D eigenvalue weighted by molar-refractivity contribution is 0.337. The van der Waals surface area contributed by atoms with E-state index in [1.54, 1.807) is 16.7 Å². The van der Waals surface area contributed by atoms with Crippen LogP contribution in [0, 0.1) is 24.2 Å². The van der Waals surface area contributed by atoms with Gasteiger partial charge in [0, 0.05) is 5.92 Å². The first kappa shape index (κ1) is 23.3. The maximum atomic E-state index is 4.59. The van der Waals surface area contributed by atoms with Crippen LogP contribution in [0.4, 0.5) is 0 Å². The molecule has 1 aromatic rings. The van der Waals surface area contributed by atoms with Crippen LogP contribution >= 0.6 is 0 Å². The van der Waals surface area contributed by atoms with Gasteiger partial charge in [-0.2, -0.15) is 0 Å². The molecule has 0 nitrogen and oxygen atoms in total. The number of aryl methyl sites for hydroxylation is 2. The van der Waals surface area contributed by atoms with E-state index in [0.717, 1.165) is 5.92 Å². The predicted molar refractivity (Wildman–Crippen MR) is 140 cm³/mol. The Kier molecular flexibility index (Phi) is 7.28. The monoisotopic (exact) mass is 428 g/mol. The fourth-order valence-corrected chi connectivity index (χ4v) is 6.03. The van der Waals surface area contributed by atoms with Crippen LogP contribution in [0.25, 0.3) is 0 Å². The summed E-state index contributed by atoms with van der Waals surface area (Å²) in [6.07, 6.45) is 19.7. The van der Waals surface area contributed by atoms with Crippen LogP contribution in [0.15, 0.2) is 70.9 Å². The summed E-state index contributed by atoms with van der Waals surface area (Å²) < 4.78 is 0. The largest absolute Gasteiger partial charge is 0.0952 e. The second kappa shape index (κ2) is 9.98. The molecular formula is C32H44. The molecule has 3 aliphatic carbocycles. The van der Waals surface area contributed by atoms with Crippen LogP contribution < -0.4 is 0 Å². The topological polar surface area (TPSA) is 0 Å². The van der Waals surface area contributed by atoms with Gasteiger partial charge in [-0.05, 0) is 91.1 Å². The van der Waals surface area contributed by atoms with Crippen molar-refractivity contribution in [3.63, 3.8) is 0 Å². The Morgan fingerprint density at radius 2 is 1.69 bits per heavy atom. The van der Waals surface area contributed by atoms with Gasteiger partial charge in [0.15, 0.2) is 0 Å². The number of rotatable bonds is 9. The Morgan fingerprint density at radius 1 is 1.00 bits per heavy atom. The number of benzene rings is 1. The van der Waals surface area contributed by atoms with Gasteiger partial charge in [-0.3, -0.25) is 0 Å². The summed E-state index contributed by atoms with van der Waals surface area (Å²) in [5, 5.41) is 0. The Morgan fingerprint density at radius 3 is 2.38 bits per heavy atom. The molecule has 0 spiro atoms. The van der Waals surface area contributed by atoms with Gasteiger partial charge in [-0.25, -0.2) is 0 Å². The number of hydrogen-bond acceptors (Lipinski definition) is 0. The minimum Gasteiger partial charge on any atom is -0.0952 e. The molecule has 0 saturated heterocycles. The second-order valence-corrected chi connectivity index (χ2v) is 11.8. The van der Waals surface area contributed by atoms with Crippen molar-refractivity contribution in [3.8, 4) is 0 Å². The highest BCUT2D eigenvalue weighted by molar-refractivity contribution is 5.62. The smallest absolute Gasteiger partial charge is 0.00787 e. The van der Waals surface area contributed by atoms with Gasteiger partial charge >= 0.3 is 0 Å². The summed E-state index contributed by atoms with van der Waals surface area (Å²) in [5.41, 5.74) is 10.9. The molecule has 1 unspecified atom stereocenters. The van der Waals surface area contributed by atoms with E-state index in [1.807, 2.05) is 0 Å². The summed E-state index contributed by atoms with van der Waals surface area (Å²) in [4.78, 5) is 0. The Hall–Kier alpha value is -1.82. The molecule has 0 heterocycles. The van der Waals surface area contributed by atoms with Gasteiger partial charge in [0.05, 0.1) is 0 Å². The Labute approximate surface area is 197 Å². The summed E-state index contributed by atoms with van der Waals surface area (Å²) >= 11 is 0. The SMILES string of the molecule is C=C(CCC1CCCC1)C1=CC(C(C)(C)C)C2=C1CC(CCCCc1ccc(C)cc1)=C2. The van der Waals surface area contributed by atoms with Crippen molar-refractivity contribution >= 4 is 0 Å². The summed E-state index contributed by atoms with van der Waals surface area (Å²) in [5.74, 6) is 1.49. The maximum Gasteiger partial charge on any atom is 0.00787 e. The van der Waals surface area contributed by atoms with E-state index < -0.39 is 0 Å². The van der Waals surface area contributed by atoms with Crippen LogP contribution in [0.2, 0.25) is 0 Å². The molecule has 1 atom stereocenters. The van der Waals surface area contributed by atoms with Crippen LogP contribution in [0.5, 0.6) is 0 Å². The normalized spacial score (nSPS) is 21.2. The molecule has 0 aromatic heterocycles. The minimum atomic E-state index is 0.269. The molecule has 1 aromatic carbocycles. The fourth-order valence-electron chi connectivity index (χ4n) is 6.03. The van der Waals surface area contributed by atoms with Crippen molar-refractivity contribution in [3.05, 3.63) is 82.0 Å².